The molecule has 8 nitrogen and oxygen atoms in total. The zero-order valence-corrected chi connectivity index (χ0v) is 26.9. The molecule has 2 aliphatic carbocycles. The maximum absolute atomic E-state index is 13.7. The largest absolute Gasteiger partial charge is 0.495 e. The van der Waals surface area contributed by atoms with E-state index in [0.717, 1.165) is 43.1 Å². The molecule has 0 spiro atoms. The van der Waals surface area contributed by atoms with Crippen molar-refractivity contribution in [3.63, 3.8) is 0 Å². The Hall–Kier alpha value is -3.26. The molecule has 1 aliphatic heterocycles. The van der Waals surface area contributed by atoms with Gasteiger partial charge in [-0.3, -0.25) is 9.59 Å². The zero-order chi connectivity index (χ0) is 31.0. The number of methoxy groups -OCH3 is 1. The number of carbonyl (C=O) groups excluding carboxylic acids is 2. The van der Waals surface area contributed by atoms with E-state index in [1.54, 1.807) is 7.11 Å². The number of benzene rings is 2. The molecule has 2 N–H and O–H groups in total. The van der Waals surface area contributed by atoms with E-state index in [1.165, 1.54) is 0 Å². The van der Waals surface area contributed by atoms with Gasteiger partial charge >= 0.3 is 0 Å². The Labute approximate surface area is 257 Å². The number of piperazine rings is 1. The summed E-state index contributed by atoms with van der Waals surface area (Å²) in [6.45, 7) is 9.36. The van der Waals surface area contributed by atoms with Gasteiger partial charge in [0.25, 0.3) is 5.91 Å². The number of ether oxygens (including phenoxy) is 1. The molecule has 0 radical (unpaired) electrons. The van der Waals surface area contributed by atoms with Crippen molar-refractivity contribution in [3.05, 3.63) is 54.1 Å². The highest BCUT2D eigenvalue weighted by Gasteiger charge is 2.61. The molecule has 2 amide bonds. The normalized spacial score (nSPS) is 28.3. The van der Waals surface area contributed by atoms with Crippen LogP contribution in [0.1, 0.15) is 69.7 Å². The minimum atomic E-state index is -0.731. The Bertz CT molecular complexity index is 1300. The van der Waals surface area contributed by atoms with Gasteiger partial charge in [-0.2, -0.15) is 0 Å². The van der Waals surface area contributed by atoms with E-state index in [4.69, 9.17) is 4.74 Å². The van der Waals surface area contributed by atoms with Crippen molar-refractivity contribution in [1.29, 1.82) is 0 Å². The van der Waals surface area contributed by atoms with Crippen molar-refractivity contribution in [3.8, 4) is 5.75 Å². The second-order valence-corrected chi connectivity index (χ2v) is 14.2. The number of aliphatic hydroxyl groups is 1. The lowest BCUT2D eigenvalue weighted by molar-refractivity contribution is -0.133. The van der Waals surface area contributed by atoms with Crippen molar-refractivity contribution < 1.29 is 19.4 Å². The SMILES string of the molecule is COc1ccccc1N1CCN(C(=O)CC[C@]23CC[C@](C)(O)C[C@H]2C(C)(C)C[C@@H]3NC(=O)c2ccc(N(C)C)cc2)CC1. The van der Waals surface area contributed by atoms with Crippen molar-refractivity contribution >= 4 is 23.2 Å². The Balaban J connectivity index is 1.29. The van der Waals surface area contributed by atoms with Crippen molar-refractivity contribution in [2.45, 2.75) is 70.9 Å². The highest BCUT2D eigenvalue weighted by atomic mass is 16.5. The molecule has 1 heterocycles. The fraction of sp³-hybridized carbons (Fsp3) is 0.600. The zero-order valence-electron chi connectivity index (χ0n) is 26.9. The van der Waals surface area contributed by atoms with E-state index in [-0.39, 0.29) is 34.6 Å². The van der Waals surface area contributed by atoms with Crippen LogP contribution in [0.3, 0.4) is 0 Å². The average Bonchev–Trinajstić information content (AvgIpc) is 3.20. The van der Waals surface area contributed by atoms with E-state index >= 15 is 0 Å². The number of para-hydroxylation sites is 2. The van der Waals surface area contributed by atoms with Crippen molar-refractivity contribution in [2.24, 2.45) is 16.7 Å². The maximum Gasteiger partial charge on any atom is 0.251 e. The van der Waals surface area contributed by atoms with Crippen LogP contribution in [-0.4, -0.2) is 80.8 Å². The topological polar surface area (TPSA) is 85.4 Å². The van der Waals surface area contributed by atoms with Crippen LogP contribution in [-0.2, 0) is 4.79 Å². The Kier molecular flexibility index (Phi) is 8.72. The summed E-state index contributed by atoms with van der Waals surface area (Å²) in [6.07, 6.45) is 4.17. The predicted octanol–water partition coefficient (Wildman–Crippen LogP) is 4.96. The van der Waals surface area contributed by atoms with E-state index in [9.17, 15) is 14.7 Å². The molecule has 234 valence electrons. The van der Waals surface area contributed by atoms with Gasteiger partial charge < -0.3 is 29.9 Å². The molecule has 2 saturated carbocycles. The smallest absolute Gasteiger partial charge is 0.251 e. The van der Waals surface area contributed by atoms with Crippen LogP contribution < -0.4 is 19.9 Å². The van der Waals surface area contributed by atoms with Gasteiger partial charge in [0.15, 0.2) is 0 Å². The molecule has 4 atom stereocenters. The first-order chi connectivity index (χ1) is 20.3. The van der Waals surface area contributed by atoms with Crippen LogP contribution in [0.15, 0.2) is 48.5 Å². The van der Waals surface area contributed by atoms with Gasteiger partial charge in [0.2, 0.25) is 5.91 Å². The van der Waals surface area contributed by atoms with Crippen molar-refractivity contribution in [2.75, 3.05) is 57.2 Å². The Morgan fingerprint density at radius 2 is 1.65 bits per heavy atom. The number of hydrogen-bond donors (Lipinski definition) is 2. The standard InChI is InChI=1S/C35H50N4O4/c1-33(2)24-30(36-32(41)25-11-13-26(14-12-25)37(4)5)35(18-17-34(3,42)23-29(33)35)16-15-31(40)39-21-19-38(20-22-39)27-9-7-8-10-28(27)43-6/h7-14,29-30,42H,15-24H2,1-6H3,(H,36,41)/t29-,30-,34-,35-/m0/s1. The van der Waals surface area contributed by atoms with Crippen LogP contribution >= 0.6 is 0 Å². The molecule has 0 unspecified atom stereocenters. The van der Waals surface area contributed by atoms with Gasteiger partial charge in [0, 0.05) is 64.0 Å². The predicted molar refractivity (Wildman–Crippen MR) is 172 cm³/mol. The third kappa shape index (κ3) is 6.35. The molecule has 43 heavy (non-hydrogen) atoms. The quantitative estimate of drug-likeness (QED) is 0.452. The fourth-order valence-corrected chi connectivity index (χ4v) is 8.17. The third-order valence-corrected chi connectivity index (χ3v) is 10.6. The van der Waals surface area contributed by atoms with E-state index in [1.807, 2.05) is 73.3 Å². The third-order valence-electron chi connectivity index (χ3n) is 10.6. The van der Waals surface area contributed by atoms with Gasteiger partial charge in [-0.1, -0.05) is 26.0 Å². The van der Waals surface area contributed by atoms with Gasteiger partial charge in [-0.15, -0.1) is 0 Å². The lowest BCUT2D eigenvalue weighted by Gasteiger charge is -2.51. The first kappa shape index (κ1) is 31.2. The molecule has 0 bridgehead atoms. The molecule has 0 aromatic heterocycles. The second-order valence-electron chi connectivity index (χ2n) is 14.2. The van der Waals surface area contributed by atoms with E-state index in [0.29, 0.717) is 44.3 Å². The molecule has 2 aromatic rings. The number of rotatable bonds is 8. The number of hydrogen-bond acceptors (Lipinski definition) is 6. The molecular formula is C35H50N4O4. The maximum atomic E-state index is 13.7. The summed E-state index contributed by atoms with van der Waals surface area (Å²) in [6, 6.07) is 15.7. The molecule has 1 saturated heterocycles. The summed E-state index contributed by atoms with van der Waals surface area (Å²) < 4.78 is 5.56. The second kappa shape index (κ2) is 12.0. The number of anilines is 2. The van der Waals surface area contributed by atoms with Gasteiger partial charge in [0.1, 0.15) is 5.75 Å². The summed E-state index contributed by atoms with van der Waals surface area (Å²) in [5.41, 5.74) is 1.72. The molecule has 5 rings (SSSR count). The summed E-state index contributed by atoms with van der Waals surface area (Å²) >= 11 is 0. The summed E-state index contributed by atoms with van der Waals surface area (Å²) in [5, 5.41) is 14.6. The summed E-state index contributed by atoms with van der Waals surface area (Å²) in [5.74, 6) is 1.17. The summed E-state index contributed by atoms with van der Waals surface area (Å²) in [4.78, 5) is 33.5. The Morgan fingerprint density at radius 1 is 0.977 bits per heavy atom. The first-order valence-corrected chi connectivity index (χ1v) is 15.8. The van der Waals surface area contributed by atoms with Crippen molar-refractivity contribution in [1.82, 2.24) is 10.2 Å². The average molecular weight is 591 g/mol. The van der Waals surface area contributed by atoms with E-state index in [2.05, 4.69) is 30.1 Å². The van der Waals surface area contributed by atoms with Crippen LogP contribution in [0.2, 0.25) is 0 Å². The monoisotopic (exact) mass is 590 g/mol. The van der Waals surface area contributed by atoms with Gasteiger partial charge in [-0.05, 0) is 92.2 Å². The van der Waals surface area contributed by atoms with Crippen LogP contribution in [0.5, 0.6) is 5.75 Å². The Morgan fingerprint density at radius 3 is 2.30 bits per heavy atom. The molecule has 8 heteroatoms. The van der Waals surface area contributed by atoms with Crippen LogP contribution in [0, 0.1) is 16.7 Å². The highest BCUT2D eigenvalue weighted by Crippen LogP contribution is 2.64. The molecule has 3 fully saturated rings. The minimum absolute atomic E-state index is 0.0557. The lowest BCUT2D eigenvalue weighted by Crippen LogP contribution is -2.53. The molecular weight excluding hydrogens is 540 g/mol. The number of amides is 2. The first-order valence-electron chi connectivity index (χ1n) is 15.8. The lowest BCUT2D eigenvalue weighted by atomic mass is 9.57. The summed E-state index contributed by atoms with van der Waals surface area (Å²) in [7, 11) is 5.66. The van der Waals surface area contributed by atoms with E-state index < -0.39 is 5.60 Å². The number of carbonyl (C=O) groups is 2. The minimum Gasteiger partial charge on any atom is -0.495 e. The highest BCUT2D eigenvalue weighted by molar-refractivity contribution is 5.94. The fourth-order valence-electron chi connectivity index (χ4n) is 8.17. The van der Waals surface area contributed by atoms with Gasteiger partial charge in [-0.25, -0.2) is 0 Å². The number of nitrogens with zero attached hydrogens (tertiary/aromatic N) is 3. The van der Waals surface area contributed by atoms with Crippen LogP contribution in [0.4, 0.5) is 11.4 Å². The molecule has 2 aromatic carbocycles. The molecule has 3 aliphatic rings. The number of fused-ring (bicyclic) bond motifs is 1. The number of nitrogens with one attached hydrogen (secondary N) is 1. The van der Waals surface area contributed by atoms with Gasteiger partial charge in [0.05, 0.1) is 18.4 Å². The van der Waals surface area contributed by atoms with Crippen LogP contribution in [0.25, 0.3) is 0 Å².